The molecular formula is C20H20N2O5S. The molecule has 0 aliphatic heterocycles. The Morgan fingerprint density at radius 1 is 1.07 bits per heavy atom. The number of carboxylic acid groups (broad SMARTS) is 1. The Labute approximate surface area is 166 Å². The van der Waals surface area contributed by atoms with Gasteiger partial charge in [-0.1, -0.05) is 12.1 Å². The molecule has 0 aliphatic carbocycles. The molecule has 0 atom stereocenters. The summed E-state index contributed by atoms with van der Waals surface area (Å²) in [6, 6.07) is 14.1. The summed E-state index contributed by atoms with van der Waals surface area (Å²) < 4.78 is 5.20. The average molecular weight is 400 g/mol. The number of hydrogen-bond donors (Lipinski definition) is 3. The highest BCUT2D eigenvalue weighted by Crippen LogP contribution is 2.24. The molecule has 0 aliphatic rings. The number of carboxylic acids is 1. The maximum atomic E-state index is 12.1. The van der Waals surface area contributed by atoms with Crippen molar-refractivity contribution >= 4 is 40.9 Å². The van der Waals surface area contributed by atoms with Crippen LogP contribution < -0.4 is 15.4 Å². The van der Waals surface area contributed by atoms with Gasteiger partial charge in [0.25, 0.3) is 0 Å². The minimum atomic E-state index is -1.15. The number of carbonyl (C=O) groups excluding carboxylic acids is 2. The van der Waals surface area contributed by atoms with Crippen molar-refractivity contribution in [3.8, 4) is 5.75 Å². The number of rotatable bonds is 8. The molecule has 2 aromatic carbocycles. The lowest BCUT2D eigenvalue weighted by Crippen LogP contribution is -2.14. The smallest absolute Gasteiger partial charge is 0.331 e. The van der Waals surface area contributed by atoms with Crippen LogP contribution in [0.2, 0.25) is 0 Å². The standard InChI is InChI=1S/C20H20N2O5S/c1-13(20(25)26)11-18(23)21-14-7-9-15(10-8-14)28-12-19(24)22-16-5-3-4-6-17(16)27-2/h3-11H,12H2,1-2H3,(H,21,23)(H,22,24)(H,25,26)/b13-11+. The second-order valence-corrected chi connectivity index (χ2v) is 6.73. The minimum absolute atomic E-state index is 0.0502. The summed E-state index contributed by atoms with van der Waals surface area (Å²) in [4.78, 5) is 35.4. The number of thioether (sulfide) groups is 1. The fraction of sp³-hybridized carbons (Fsp3) is 0.150. The highest BCUT2D eigenvalue weighted by Gasteiger charge is 2.08. The number of para-hydroxylation sites is 2. The number of ether oxygens (including phenoxy) is 1. The number of carbonyl (C=O) groups is 3. The van der Waals surface area contributed by atoms with Gasteiger partial charge in [0.15, 0.2) is 0 Å². The van der Waals surface area contributed by atoms with E-state index < -0.39 is 11.9 Å². The zero-order valence-corrected chi connectivity index (χ0v) is 16.2. The van der Waals surface area contributed by atoms with Crippen LogP contribution in [0.25, 0.3) is 0 Å². The molecule has 0 fully saturated rings. The van der Waals surface area contributed by atoms with E-state index in [2.05, 4.69) is 10.6 Å². The number of nitrogens with one attached hydrogen (secondary N) is 2. The van der Waals surface area contributed by atoms with E-state index in [4.69, 9.17) is 9.84 Å². The predicted octanol–water partition coefficient (Wildman–Crippen LogP) is 3.40. The van der Waals surface area contributed by atoms with E-state index in [1.165, 1.54) is 18.7 Å². The highest BCUT2D eigenvalue weighted by atomic mass is 32.2. The minimum Gasteiger partial charge on any atom is -0.495 e. The van der Waals surface area contributed by atoms with Gasteiger partial charge >= 0.3 is 5.97 Å². The first-order valence-corrected chi connectivity index (χ1v) is 9.26. The van der Waals surface area contributed by atoms with Crippen molar-refractivity contribution in [2.24, 2.45) is 0 Å². The van der Waals surface area contributed by atoms with Gasteiger partial charge in [0.2, 0.25) is 11.8 Å². The molecule has 7 nitrogen and oxygen atoms in total. The van der Waals surface area contributed by atoms with Crippen molar-refractivity contribution in [3.05, 3.63) is 60.2 Å². The van der Waals surface area contributed by atoms with Gasteiger partial charge in [0.05, 0.1) is 18.6 Å². The Kier molecular flexibility index (Phi) is 7.65. The third-order valence-electron chi connectivity index (χ3n) is 3.56. The number of aliphatic carboxylic acids is 1. The molecule has 0 saturated heterocycles. The summed E-state index contributed by atoms with van der Waals surface area (Å²) in [5, 5.41) is 14.2. The highest BCUT2D eigenvalue weighted by molar-refractivity contribution is 8.00. The second-order valence-electron chi connectivity index (χ2n) is 5.68. The Bertz CT molecular complexity index is 894. The summed E-state index contributed by atoms with van der Waals surface area (Å²) in [7, 11) is 1.54. The first-order chi connectivity index (χ1) is 13.4. The van der Waals surface area contributed by atoms with Crippen LogP contribution in [0, 0.1) is 0 Å². The number of hydrogen-bond acceptors (Lipinski definition) is 5. The van der Waals surface area contributed by atoms with Crippen molar-refractivity contribution in [3.63, 3.8) is 0 Å². The lowest BCUT2D eigenvalue weighted by Gasteiger charge is -2.09. The van der Waals surface area contributed by atoms with Crippen LogP contribution in [-0.2, 0) is 14.4 Å². The number of methoxy groups -OCH3 is 1. The van der Waals surface area contributed by atoms with Crippen molar-refractivity contribution < 1.29 is 24.2 Å². The van der Waals surface area contributed by atoms with E-state index in [0.717, 1.165) is 11.0 Å². The van der Waals surface area contributed by atoms with Crippen molar-refractivity contribution in [1.82, 2.24) is 0 Å². The van der Waals surface area contributed by atoms with Gasteiger partial charge in [-0.15, -0.1) is 11.8 Å². The van der Waals surface area contributed by atoms with Crippen LogP contribution in [0.1, 0.15) is 6.92 Å². The molecule has 0 heterocycles. The van der Waals surface area contributed by atoms with Gasteiger partial charge in [-0.3, -0.25) is 9.59 Å². The Morgan fingerprint density at radius 2 is 1.75 bits per heavy atom. The Hall–Kier alpha value is -3.26. The van der Waals surface area contributed by atoms with Crippen molar-refractivity contribution in [2.45, 2.75) is 11.8 Å². The van der Waals surface area contributed by atoms with Gasteiger partial charge < -0.3 is 20.5 Å². The Balaban J connectivity index is 1.87. The fourth-order valence-corrected chi connectivity index (χ4v) is 2.85. The number of amides is 2. The number of anilines is 2. The average Bonchev–Trinajstić information content (AvgIpc) is 2.67. The first-order valence-electron chi connectivity index (χ1n) is 8.27. The zero-order valence-electron chi connectivity index (χ0n) is 15.4. The van der Waals surface area contributed by atoms with E-state index >= 15 is 0 Å². The van der Waals surface area contributed by atoms with Crippen LogP contribution in [0.3, 0.4) is 0 Å². The maximum Gasteiger partial charge on any atom is 0.331 e. The van der Waals surface area contributed by atoms with Crippen LogP contribution in [0.15, 0.2) is 65.1 Å². The summed E-state index contributed by atoms with van der Waals surface area (Å²) in [6.07, 6.45) is 1.02. The SMILES string of the molecule is COc1ccccc1NC(=O)CSc1ccc(NC(=O)/C=C(\C)C(=O)O)cc1. The first kappa shape index (κ1) is 21.0. The lowest BCUT2D eigenvalue weighted by atomic mass is 10.2. The molecule has 2 amide bonds. The van der Waals surface area contributed by atoms with Crippen LogP contribution in [-0.4, -0.2) is 35.8 Å². The van der Waals surface area contributed by atoms with Gasteiger partial charge in [-0.2, -0.15) is 0 Å². The third-order valence-corrected chi connectivity index (χ3v) is 4.57. The summed E-state index contributed by atoms with van der Waals surface area (Å²) >= 11 is 1.35. The molecule has 8 heteroatoms. The lowest BCUT2D eigenvalue weighted by molar-refractivity contribution is -0.132. The number of benzene rings is 2. The van der Waals surface area contributed by atoms with Crippen molar-refractivity contribution in [1.29, 1.82) is 0 Å². The topological polar surface area (TPSA) is 105 Å². The normalized spacial score (nSPS) is 10.9. The summed E-state index contributed by atoms with van der Waals surface area (Å²) in [5.74, 6) is -1.02. The molecule has 0 saturated carbocycles. The quantitative estimate of drug-likeness (QED) is 0.463. The third kappa shape index (κ3) is 6.48. The van der Waals surface area contributed by atoms with Crippen LogP contribution in [0.5, 0.6) is 5.75 Å². The van der Waals surface area contributed by atoms with Crippen molar-refractivity contribution in [2.75, 3.05) is 23.5 Å². The van der Waals surface area contributed by atoms with Gasteiger partial charge in [-0.25, -0.2) is 4.79 Å². The molecule has 0 unspecified atom stereocenters. The molecule has 0 aromatic heterocycles. The Morgan fingerprint density at radius 3 is 2.39 bits per heavy atom. The molecule has 3 N–H and O–H groups in total. The molecule has 2 rings (SSSR count). The zero-order chi connectivity index (χ0) is 20.5. The summed E-state index contributed by atoms with van der Waals surface area (Å²) in [6.45, 7) is 1.34. The fourth-order valence-electron chi connectivity index (χ4n) is 2.15. The van der Waals surface area contributed by atoms with E-state index in [0.29, 0.717) is 17.1 Å². The predicted molar refractivity (Wildman–Crippen MR) is 109 cm³/mol. The molecular weight excluding hydrogens is 380 g/mol. The van der Waals surface area contributed by atoms with Gasteiger partial charge in [0.1, 0.15) is 5.75 Å². The summed E-state index contributed by atoms with van der Waals surface area (Å²) in [5.41, 5.74) is 1.09. The maximum absolute atomic E-state index is 12.1. The monoisotopic (exact) mass is 400 g/mol. The van der Waals surface area contributed by atoms with Gasteiger partial charge in [0, 0.05) is 22.2 Å². The van der Waals surface area contributed by atoms with Gasteiger partial charge in [-0.05, 0) is 43.3 Å². The van der Waals surface area contributed by atoms with E-state index in [1.807, 2.05) is 12.1 Å². The molecule has 146 valence electrons. The molecule has 0 radical (unpaired) electrons. The molecule has 0 spiro atoms. The molecule has 28 heavy (non-hydrogen) atoms. The van der Waals surface area contributed by atoms with Crippen LogP contribution in [0.4, 0.5) is 11.4 Å². The second kappa shape index (κ2) is 10.2. The van der Waals surface area contributed by atoms with E-state index in [1.54, 1.807) is 43.5 Å². The van der Waals surface area contributed by atoms with E-state index in [9.17, 15) is 14.4 Å². The van der Waals surface area contributed by atoms with E-state index in [-0.39, 0.29) is 17.2 Å². The largest absolute Gasteiger partial charge is 0.495 e. The molecule has 2 aromatic rings. The van der Waals surface area contributed by atoms with Crippen LogP contribution >= 0.6 is 11.8 Å². The molecule has 0 bridgehead atoms.